The molecule has 0 aliphatic carbocycles. The fourth-order valence-electron chi connectivity index (χ4n) is 0.532. The molecular weight excluding hydrogens is 116 g/mol. The van der Waals surface area contributed by atoms with Crippen molar-refractivity contribution in [2.45, 2.75) is 6.04 Å². The molecule has 0 radical (unpaired) electrons. The third kappa shape index (κ3) is 1.09. The molecule has 0 bridgehead atoms. The van der Waals surface area contributed by atoms with E-state index < -0.39 is 6.04 Å². The lowest BCUT2D eigenvalue weighted by atomic mass is 10.3. The largest absolute Gasteiger partial charge is 0.467 e. The number of nitriles is 1. The molecule has 0 aromatic carbocycles. The van der Waals surface area contributed by atoms with Crippen molar-refractivity contribution >= 4 is 0 Å². The highest BCUT2D eigenvalue weighted by molar-refractivity contribution is 5.10. The maximum Gasteiger partial charge on any atom is 0.151 e. The van der Waals surface area contributed by atoms with Gasteiger partial charge in [0.05, 0.1) is 12.3 Å². The Bertz CT molecular complexity index is 209. The quantitative estimate of drug-likeness (QED) is 0.599. The molecule has 46 valence electrons. The van der Waals surface area contributed by atoms with Gasteiger partial charge in [-0.05, 0) is 12.1 Å². The standard InChI is InChI=1S/C6H6N2O/c7-4-5(8)6-2-1-3-9-6/h1-3,5H,8H2/t5-/m0/s1. The zero-order valence-electron chi connectivity index (χ0n) is 4.74. The van der Waals surface area contributed by atoms with E-state index in [0.717, 1.165) is 0 Å². The third-order valence-corrected chi connectivity index (χ3v) is 0.989. The van der Waals surface area contributed by atoms with Gasteiger partial charge in [-0.1, -0.05) is 0 Å². The highest BCUT2D eigenvalue weighted by Crippen LogP contribution is 2.07. The molecule has 1 heterocycles. The van der Waals surface area contributed by atoms with Crippen LogP contribution >= 0.6 is 0 Å². The number of furan rings is 1. The Morgan fingerprint density at radius 3 is 3.00 bits per heavy atom. The molecule has 0 aliphatic rings. The van der Waals surface area contributed by atoms with Crippen LogP contribution < -0.4 is 5.73 Å². The summed E-state index contributed by atoms with van der Waals surface area (Å²) in [5.74, 6) is 0.512. The van der Waals surface area contributed by atoms with E-state index in [9.17, 15) is 0 Å². The Hall–Kier alpha value is -1.27. The molecule has 3 heteroatoms. The van der Waals surface area contributed by atoms with Crippen LogP contribution in [-0.2, 0) is 0 Å². The van der Waals surface area contributed by atoms with Crippen molar-refractivity contribution in [2.75, 3.05) is 0 Å². The number of hydrogen-bond donors (Lipinski definition) is 1. The molecule has 0 aliphatic heterocycles. The molecular formula is C6H6N2O. The lowest BCUT2D eigenvalue weighted by Crippen LogP contribution is -2.05. The van der Waals surface area contributed by atoms with Gasteiger partial charge in [-0.25, -0.2) is 0 Å². The Morgan fingerprint density at radius 2 is 2.56 bits per heavy atom. The summed E-state index contributed by atoms with van der Waals surface area (Å²) in [7, 11) is 0. The van der Waals surface area contributed by atoms with Gasteiger partial charge in [0.1, 0.15) is 5.76 Å². The first kappa shape index (κ1) is 5.86. The van der Waals surface area contributed by atoms with Gasteiger partial charge in [0.25, 0.3) is 0 Å². The maximum absolute atomic E-state index is 8.27. The monoisotopic (exact) mass is 122 g/mol. The van der Waals surface area contributed by atoms with Crippen molar-refractivity contribution in [1.29, 1.82) is 5.26 Å². The SMILES string of the molecule is N#C[C@H](N)c1ccco1. The first-order chi connectivity index (χ1) is 4.34. The van der Waals surface area contributed by atoms with E-state index in [1.165, 1.54) is 6.26 Å². The highest BCUT2D eigenvalue weighted by Gasteiger charge is 2.04. The van der Waals surface area contributed by atoms with Crippen LogP contribution in [0.25, 0.3) is 0 Å². The van der Waals surface area contributed by atoms with Crippen molar-refractivity contribution in [1.82, 2.24) is 0 Å². The summed E-state index contributed by atoms with van der Waals surface area (Å²) >= 11 is 0. The highest BCUT2D eigenvalue weighted by atomic mass is 16.3. The summed E-state index contributed by atoms with van der Waals surface area (Å²) in [5.41, 5.74) is 5.28. The van der Waals surface area contributed by atoms with E-state index in [0.29, 0.717) is 5.76 Å². The molecule has 0 amide bonds. The van der Waals surface area contributed by atoms with E-state index >= 15 is 0 Å². The molecule has 0 fully saturated rings. The smallest absolute Gasteiger partial charge is 0.151 e. The van der Waals surface area contributed by atoms with Crippen LogP contribution in [0.15, 0.2) is 22.8 Å². The maximum atomic E-state index is 8.27. The minimum absolute atomic E-state index is 0.512. The van der Waals surface area contributed by atoms with Crippen molar-refractivity contribution in [2.24, 2.45) is 5.73 Å². The van der Waals surface area contributed by atoms with Gasteiger partial charge < -0.3 is 10.2 Å². The zero-order valence-corrected chi connectivity index (χ0v) is 4.74. The van der Waals surface area contributed by atoms with E-state index in [1.807, 2.05) is 6.07 Å². The minimum Gasteiger partial charge on any atom is -0.467 e. The summed E-state index contributed by atoms with van der Waals surface area (Å²) in [6.07, 6.45) is 1.49. The van der Waals surface area contributed by atoms with Gasteiger partial charge in [-0.15, -0.1) is 0 Å². The average molecular weight is 122 g/mol. The number of hydrogen-bond acceptors (Lipinski definition) is 3. The molecule has 9 heavy (non-hydrogen) atoms. The molecule has 0 saturated carbocycles. The van der Waals surface area contributed by atoms with Crippen LogP contribution in [-0.4, -0.2) is 0 Å². The molecule has 0 spiro atoms. The summed E-state index contributed by atoms with van der Waals surface area (Å²) in [6, 6.07) is 4.60. The van der Waals surface area contributed by atoms with E-state index in [2.05, 4.69) is 0 Å². The average Bonchev–Trinajstić information content (AvgIpc) is 2.37. The number of nitrogens with zero attached hydrogens (tertiary/aromatic N) is 1. The summed E-state index contributed by atoms with van der Waals surface area (Å²) in [4.78, 5) is 0. The molecule has 3 nitrogen and oxygen atoms in total. The van der Waals surface area contributed by atoms with Crippen molar-refractivity contribution in [3.8, 4) is 6.07 Å². The van der Waals surface area contributed by atoms with E-state index in [1.54, 1.807) is 12.1 Å². The normalized spacial score (nSPS) is 12.4. The zero-order chi connectivity index (χ0) is 6.69. The van der Waals surface area contributed by atoms with Crippen molar-refractivity contribution in [3.05, 3.63) is 24.2 Å². The van der Waals surface area contributed by atoms with Crippen LogP contribution in [0.1, 0.15) is 11.8 Å². The van der Waals surface area contributed by atoms with Crippen LogP contribution in [0.4, 0.5) is 0 Å². The van der Waals surface area contributed by atoms with Crippen molar-refractivity contribution in [3.63, 3.8) is 0 Å². The van der Waals surface area contributed by atoms with Gasteiger partial charge in [0.2, 0.25) is 0 Å². The molecule has 0 saturated heterocycles. The molecule has 1 aromatic heterocycles. The third-order valence-electron chi connectivity index (χ3n) is 0.989. The lowest BCUT2D eigenvalue weighted by Gasteiger charge is -1.92. The molecule has 1 atom stereocenters. The first-order valence-electron chi connectivity index (χ1n) is 2.53. The Balaban J connectivity index is 2.80. The first-order valence-corrected chi connectivity index (χ1v) is 2.53. The fourth-order valence-corrected chi connectivity index (χ4v) is 0.532. The van der Waals surface area contributed by atoms with Gasteiger partial charge >= 0.3 is 0 Å². The second-order valence-corrected chi connectivity index (χ2v) is 1.62. The lowest BCUT2D eigenvalue weighted by molar-refractivity contribution is 0.497. The van der Waals surface area contributed by atoms with E-state index in [-0.39, 0.29) is 0 Å². The van der Waals surface area contributed by atoms with Crippen LogP contribution in [0.2, 0.25) is 0 Å². The Labute approximate surface area is 52.7 Å². The Morgan fingerprint density at radius 1 is 1.78 bits per heavy atom. The van der Waals surface area contributed by atoms with E-state index in [4.69, 9.17) is 15.4 Å². The molecule has 0 unspecified atom stereocenters. The van der Waals surface area contributed by atoms with Crippen molar-refractivity contribution < 1.29 is 4.42 Å². The van der Waals surface area contributed by atoms with Crippen LogP contribution in [0.3, 0.4) is 0 Å². The van der Waals surface area contributed by atoms with Gasteiger partial charge in [-0.2, -0.15) is 5.26 Å². The molecule has 1 aromatic rings. The predicted octanol–water partition coefficient (Wildman–Crippen LogP) is 0.803. The summed E-state index contributed by atoms with van der Waals surface area (Å²) < 4.78 is 4.84. The second-order valence-electron chi connectivity index (χ2n) is 1.62. The molecule has 2 N–H and O–H groups in total. The second kappa shape index (κ2) is 2.33. The van der Waals surface area contributed by atoms with Gasteiger partial charge in [0, 0.05) is 0 Å². The summed E-state index contributed by atoms with van der Waals surface area (Å²) in [6.45, 7) is 0. The van der Waals surface area contributed by atoms with Crippen LogP contribution in [0, 0.1) is 11.3 Å². The van der Waals surface area contributed by atoms with Gasteiger partial charge in [-0.3, -0.25) is 0 Å². The topological polar surface area (TPSA) is 63.0 Å². The molecule has 1 rings (SSSR count). The number of rotatable bonds is 1. The fraction of sp³-hybridized carbons (Fsp3) is 0.167. The van der Waals surface area contributed by atoms with Gasteiger partial charge in [0.15, 0.2) is 6.04 Å². The Kier molecular flexibility index (Phi) is 1.52. The van der Waals surface area contributed by atoms with Crippen LogP contribution in [0.5, 0.6) is 0 Å². The summed E-state index contributed by atoms with van der Waals surface area (Å²) in [5, 5.41) is 8.27. The number of nitrogens with two attached hydrogens (primary N) is 1. The predicted molar refractivity (Wildman–Crippen MR) is 31.2 cm³/mol. The minimum atomic E-state index is -0.625.